The number of thiophene rings is 1. The van der Waals surface area contributed by atoms with Crippen molar-refractivity contribution in [1.82, 2.24) is 0 Å². The van der Waals surface area contributed by atoms with Gasteiger partial charge >= 0.3 is 11.9 Å². The van der Waals surface area contributed by atoms with E-state index in [2.05, 4.69) is 5.32 Å². The molecule has 4 rings (SSSR count). The zero-order valence-corrected chi connectivity index (χ0v) is 23.1. The molecule has 0 unspecified atom stereocenters. The molecule has 10 heteroatoms. The second-order valence-corrected chi connectivity index (χ2v) is 9.52. The van der Waals surface area contributed by atoms with Crippen LogP contribution in [0, 0.1) is 11.3 Å². The summed E-state index contributed by atoms with van der Waals surface area (Å²) in [6.07, 6.45) is 1.31. The van der Waals surface area contributed by atoms with Crippen LogP contribution in [-0.4, -0.2) is 31.1 Å². The highest BCUT2D eigenvalue weighted by Gasteiger charge is 2.24. The van der Waals surface area contributed by atoms with E-state index in [1.165, 1.54) is 6.08 Å². The summed E-state index contributed by atoms with van der Waals surface area (Å²) in [6, 6.07) is 18.8. The summed E-state index contributed by atoms with van der Waals surface area (Å²) >= 11 is 7.14. The van der Waals surface area contributed by atoms with Gasteiger partial charge in [-0.25, -0.2) is 9.59 Å². The molecule has 0 aliphatic carbocycles. The van der Waals surface area contributed by atoms with Gasteiger partial charge in [-0.15, -0.1) is 11.3 Å². The molecular formula is C30H23ClN2O6S. The molecule has 1 amide bonds. The van der Waals surface area contributed by atoms with E-state index >= 15 is 0 Å². The predicted octanol–water partition coefficient (Wildman–Crippen LogP) is 7.23. The molecule has 0 atom stereocenters. The minimum Gasteiger partial charge on any atom is -0.462 e. The number of hydrogen-bond acceptors (Lipinski definition) is 8. The third-order valence-corrected chi connectivity index (χ3v) is 6.76. The number of carbonyl (C=O) groups is 3. The van der Waals surface area contributed by atoms with Gasteiger partial charge in [0.05, 0.1) is 18.8 Å². The first-order valence-electron chi connectivity index (χ1n) is 12.2. The SMILES string of the molecule is CCOC(=O)c1ccc(-c2ccc(C=C(C#N)C(=O)Nc3scc(-c4ccc(Cl)cc4)c3C(=O)OCC)o2)cc1. The molecule has 8 nitrogen and oxygen atoms in total. The van der Waals surface area contributed by atoms with Gasteiger partial charge in [-0.05, 0) is 55.8 Å². The lowest BCUT2D eigenvalue weighted by molar-refractivity contribution is -0.112. The van der Waals surface area contributed by atoms with Crippen LogP contribution in [0.15, 0.2) is 76.0 Å². The summed E-state index contributed by atoms with van der Waals surface area (Å²) in [4.78, 5) is 37.7. The quantitative estimate of drug-likeness (QED) is 0.127. The summed E-state index contributed by atoms with van der Waals surface area (Å²) in [6.45, 7) is 3.85. The summed E-state index contributed by atoms with van der Waals surface area (Å²) < 4.78 is 16.0. The van der Waals surface area contributed by atoms with Crippen LogP contribution in [-0.2, 0) is 14.3 Å². The van der Waals surface area contributed by atoms with E-state index in [1.807, 2.05) is 6.07 Å². The number of nitrogens with one attached hydrogen (secondary N) is 1. The van der Waals surface area contributed by atoms with Crippen molar-refractivity contribution in [3.63, 3.8) is 0 Å². The predicted molar refractivity (Wildman–Crippen MR) is 153 cm³/mol. The van der Waals surface area contributed by atoms with Crippen molar-refractivity contribution in [1.29, 1.82) is 5.26 Å². The van der Waals surface area contributed by atoms with E-state index in [0.717, 1.165) is 16.9 Å². The fourth-order valence-corrected chi connectivity index (χ4v) is 4.81. The van der Waals surface area contributed by atoms with E-state index < -0.39 is 17.8 Å². The normalized spacial score (nSPS) is 11.0. The van der Waals surface area contributed by atoms with Crippen molar-refractivity contribution in [3.05, 3.63) is 93.5 Å². The van der Waals surface area contributed by atoms with Gasteiger partial charge in [-0.1, -0.05) is 35.9 Å². The lowest BCUT2D eigenvalue weighted by atomic mass is 10.0. The number of benzene rings is 2. The highest BCUT2D eigenvalue weighted by molar-refractivity contribution is 7.15. The Labute approximate surface area is 239 Å². The third kappa shape index (κ3) is 6.49. The van der Waals surface area contributed by atoms with Crippen molar-refractivity contribution in [2.24, 2.45) is 0 Å². The Morgan fingerprint density at radius 3 is 2.25 bits per heavy atom. The van der Waals surface area contributed by atoms with Gasteiger partial charge in [0.1, 0.15) is 33.7 Å². The Morgan fingerprint density at radius 2 is 1.60 bits per heavy atom. The van der Waals surface area contributed by atoms with Crippen molar-refractivity contribution in [2.45, 2.75) is 13.8 Å². The molecule has 2 heterocycles. The van der Waals surface area contributed by atoms with E-state index in [0.29, 0.717) is 27.5 Å². The molecule has 0 bridgehead atoms. The summed E-state index contributed by atoms with van der Waals surface area (Å²) in [5.74, 6) is -0.978. The second-order valence-electron chi connectivity index (χ2n) is 8.20. The van der Waals surface area contributed by atoms with Gasteiger partial charge in [0.25, 0.3) is 5.91 Å². The number of carbonyl (C=O) groups excluding carboxylic acids is 3. The molecule has 0 fully saturated rings. The summed E-state index contributed by atoms with van der Waals surface area (Å²) in [5, 5.41) is 14.9. The van der Waals surface area contributed by atoms with E-state index in [4.69, 9.17) is 25.5 Å². The van der Waals surface area contributed by atoms with Crippen molar-refractivity contribution in [2.75, 3.05) is 18.5 Å². The van der Waals surface area contributed by atoms with Crippen LogP contribution in [0.1, 0.15) is 40.3 Å². The minimum atomic E-state index is -0.714. The monoisotopic (exact) mass is 574 g/mol. The van der Waals surface area contributed by atoms with E-state index in [-0.39, 0.29) is 35.1 Å². The Morgan fingerprint density at radius 1 is 0.950 bits per heavy atom. The average molecular weight is 575 g/mol. The van der Waals surface area contributed by atoms with E-state index in [9.17, 15) is 19.6 Å². The highest BCUT2D eigenvalue weighted by Crippen LogP contribution is 2.37. The second kappa shape index (κ2) is 12.9. The van der Waals surface area contributed by atoms with Gasteiger partial charge in [-0.3, -0.25) is 4.79 Å². The Balaban J connectivity index is 1.56. The number of nitriles is 1. The lowest BCUT2D eigenvalue weighted by Gasteiger charge is -2.08. The Hall–Kier alpha value is -4.65. The summed E-state index contributed by atoms with van der Waals surface area (Å²) in [7, 11) is 0. The van der Waals surface area contributed by atoms with Crippen LogP contribution in [0.5, 0.6) is 0 Å². The zero-order valence-electron chi connectivity index (χ0n) is 21.5. The van der Waals surface area contributed by atoms with Crippen LogP contribution in [0.3, 0.4) is 0 Å². The van der Waals surface area contributed by atoms with Crippen molar-refractivity contribution < 1.29 is 28.3 Å². The maximum absolute atomic E-state index is 13.1. The first-order valence-corrected chi connectivity index (χ1v) is 13.4. The van der Waals surface area contributed by atoms with Gasteiger partial charge in [0, 0.05) is 27.6 Å². The number of rotatable bonds is 9. The number of amides is 1. The van der Waals surface area contributed by atoms with Crippen LogP contribution in [0.2, 0.25) is 5.02 Å². The van der Waals surface area contributed by atoms with Gasteiger partial charge in [0.15, 0.2) is 0 Å². The molecular weight excluding hydrogens is 552 g/mol. The first kappa shape index (κ1) is 28.4. The molecule has 0 aliphatic heterocycles. The zero-order chi connectivity index (χ0) is 28.6. The van der Waals surface area contributed by atoms with Crippen LogP contribution in [0.4, 0.5) is 5.00 Å². The molecule has 1 N–H and O–H groups in total. The molecule has 0 aliphatic rings. The molecule has 0 spiro atoms. The minimum absolute atomic E-state index is 0.151. The fraction of sp³-hybridized carbons (Fsp3) is 0.133. The number of hydrogen-bond donors (Lipinski definition) is 1. The van der Waals surface area contributed by atoms with Gasteiger partial charge < -0.3 is 19.2 Å². The molecule has 40 heavy (non-hydrogen) atoms. The van der Waals surface area contributed by atoms with Crippen LogP contribution < -0.4 is 5.32 Å². The Kier molecular flexibility index (Phi) is 9.17. The number of anilines is 1. The van der Waals surface area contributed by atoms with Crippen LogP contribution in [0.25, 0.3) is 28.5 Å². The molecule has 2 aromatic heterocycles. The third-order valence-electron chi connectivity index (χ3n) is 5.61. The number of nitrogens with zero attached hydrogens (tertiary/aromatic N) is 1. The van der Waals surface area contributed by atoms with E-state index in [1.54, 1.807) is 79.9 Å². The van der Waals surface area contributed by atoms with Crippen LogP contribution >= 0.6 is 22.9 Å². The van der Waals surface area contributed by atoms with Crippen molar-refractivity contribution in [3.8, 4) is 28.5 Å². The number of esters is 2. The topological polar surface area (TPSA) is 119 Å². The standard InChI is InChI=1S/C30H23ClN2O6S/c1-3-37-29(35)20-7-5-19(6-8-20)25-14-13-23(39-25)15-21(16-32)27(34)33-28-26(30(36)38-4-2)24(17-40-28)18-9-11-22(31)12-10-18/h5-15,17H,3-4H2,1-2H3,(H,33,34). The molecule has 0 saturated heterocycles. The number of furan rings is 1. The largest absolute Gasteiger partial charge is 0.462 e. The summed E-state index contributed by atoms with van der Waals surface area (Å²) in [5.41, 5.74) is 2.36. The molecule has 0 radical (unpaired) electrons. The molecule has 0 saturated carbocycles. The lowest BCUT2D eigenvalue weighted by Crippen LogP contribution is -2.16. The fourth-order valence-electron chi connectivity index (χ4n) is 3.73. The maximum Gasteiger partial charge on any atom is 0.341 e. The molecule has 202 valence electrons. The average Bonchev–Trinajstić information content (AvgIpc) is 3.60. The smallest absolute Gasteiger partial charge is 0.341 e. The molecule has 2 aromatic carbocycles. The molecule has 4 aromatic rings. The number of ether oxygens (including phenoxy) is 2. The number of halogens is 1. The highest BCUT2D eigenvalue weighted by atomic mass is 35.5. The Bertz CT molecular complexity index is 1610. The first-order chi connectivity index (χ1) is 19.3. The maximum atomic E-state index is 13.1. The van der Waals surface area contributed by atoms with Gasteiger partial charge in [0.2, 0.25) is 0 Å². The van der Waals surface area contributed by atoms with Crippen molar-refractivity contribution >= 4 is 51.9 Å². The van der Waals surface area contributed by atoms with Gasteiger partial charge in [-0.2, -0.15) is 5.26 Å².